The van der Waals surface area contributed by atoms with Crippen LogP contribution in [0, 0.1) is 6.92 Å². The SMILES string of the molecule is Cc1ccc(O)c(S(=O)(=O)Nc2ccccc2)c1. The second kappa shape index (κ2) is 4.70. The smallest absolute Gasteiger partial charge is 0.265 e. The molecule has 2 aromatic carbocycles. The van der Waals surface area contributed by atoms with Crippen molar-refractivity contribution in [1.29, 1.82) is 0 Å². The van der Waals surface area contributed by atoms with Crippen LogP contribution >= 0.6 is 0 Å². The molecule has 18 heavy (non-hydrogen) atoms. The van der Waals surface area contributed by atoms with Crippen LogP contribution in [-0.2, 0) is 10.0 Å². The minimum atomic E-state index is -3.77. The van der Waals surface area contributed by atoms with Gasteiger partial charge in [-0.2, -0.15) is 0 Å². The fraction of sp³-hybridized carbons (Fsp3) is 0.0769. The molecular formula is C13H13NO3S. The first-order valence-electron chi connectivity index (χ1n) is 5.36. The highest BCUT2D eigenvalue weighted by Crippen LogP contribution is 2.25. The predicted octanol–water partition coefficient (Wildman–Crippen LogP) is 2.50. The quantitative estimate of drug-likeness (QED) is 0.894. The van der Waals surface area contributed by atoms with Gasteiger partial charge in [-0.3, -0.25) is 4.72 Å². The summed E-state index contributed by atoms with van der Waals surface area (Å²) in [4.78, 5) is -0.119. The summed E-state index contributed by atoms with van der Waals surface area (Å²) in [7, 11) is -3.77. The first-order valence-corrected chi connectivity index (χ1v) is 6.85. The number of anilines is 1. The summed E-state index contributed by atoms with van der Waals surface area (Å²) < 4.78 is 26.6. The van der Waals surface area contributed by atoms with Gasteiger partial charge in [-0.1, -0.05) is 24.3 Å². The standard InChI is InChI=1S/C13H13NO3S/c1-10-7-8-12(15)13(9-10)18(16,17)14-11-5-3-2-4-6-11/h2-9,14-15H,1H3. The van der Waals surface area contributed by atoms with E-state index in [-0.39, 0.29) is 10.6 Å². The van der Waals surface area contributed by atoms with E-state index >= 15 is 0 Å². The zero-order chi connectivity index (χ0) is 13.2. The average molecular weight is 263 g/mol. The summed E-state index contributed by atoms with van der Waals surface area (Å²) in [6.07, 6.45) is 0. The Hall–Kier alpha value is -2.01. The number of phenolic OH excluding ortho intramolecular Hbond substituents is 1. The number of hydrogen-bond acceptors (Lipinski definition) is 3. The summed E-state index contributed by atoms with van der Waals surface area (Å²) >= 11 is 0. The second-order valence-electron chi connectivity index (χ2n) is 3.94. The molecule has 2 aromatic rings. The molecule has 2 N–H and O–H groups in total. The lowest BCUT2D eigenvalue weighted by atomic mass is 10.2. The van der Waals surface area contributed by atoms with Gasteiger partial charge in [0.05, 0.1) is 0 Å². The van der Waals surface area contributed by atoms with Crippen LogP contribution in [0.15, 0.2) is 53.4 Å². The average Bonchev–Trinajstić information content (AvgIpc) is 2.33. The topological polar surface area (TPSA) is 66.4 Å². The Morgan fingerprint density at radius 3 is 2.39 bits per heavy atom. The normalized spacial score (nSPS) is 11.2. The fourth-order valence-corrected chi connectivity index (χ4v) is 2.79. The molecule has 0 atom stereocenters. The van der Waals surface area contributed by atoms with Gasteiger partial charge in [0, 0.05) is 5.69 Å². The van der Waals surface area contributed by atoms with Crippen LogP contribution < -0.4 is 4.72 Å². The van der Waals surface area contributed by atoms with Crippen molar-refractivity contribution in [3.05, 3.63) is 54.1 Å². The molecule has 0 aromatic heterocycles. The number of phenols is 1. The molecule has 4 nitrogen and oxygen atoms in total. The highest BCUT2D eigenvalue weighted by Gasteiger charge is 2.18. The largest absolute Gasteiger partial charge is 0.507 e. The van der Waals surface area contributed by atoms with Crippen LogP contribution in [0.5, 0.6) is 5.75 Å². The summed E-state index contributed by atoms with van der Waals surface area (Å²) in [5.74, 6) is -0.260. The van der Waals surface area contributed by atoms with Crippen LogP contribution in [0.1, 0.15) is 5.56 Å². The van der Waals surface area contributed by atoms with Crippen LogP contribution in [0.3, 0.4) is 0 Å². The molecule has 0 aliphatic rings. The van der Waals surface area contributed by atoms with Gasteiger partial charge in [0.15, 0.2) is 0 Å². The van der Waals surface area contributed by atoms with E-state index in [1.165, 1.54) is 12.1 Å². The Kier molecular flexibility index (Phi) is 3.25. The van der Waals surface area contributed by atoms with Crippen molar-refractivity contribution in [2.24, 2.45) is 0 Å². The molecule has 0 bridgehead atoms. The third-order valence-corrected chi connectivity index (χ3v) is 3.84. The number of nitrogens with one attached hydrogen (secondary N) is 1. The summed E-state index contributed by atoms with van der Waals surface area (Å²) in [6, 6.07) is 13.0. The molecule has 0 spiro atoms. The third-order valence-electron chi connectivity index (χ3n) is 2.43. The number of benzene rings is 2. The first-order chi connectivity index (χ1) is 8.49. The lowest BCUT2D eigenvalue weighted by Crippen LogP contribution is -2.13. The van der Waals surface area contributed by atoms with Crippen molar-refractivity contribution in [2.75, 3.05) is 4.72 Å². The van der Waals surface area contributed by atoms with Gasteiger partial charge in [0.1, 0.15) is 10.6 Å². The first kappa shape index (κ1) is 12.4. The molecule has 0 saturated carbocycles. The zero-order valence-electron chi connectivity index (χ0n) is 9.79. The second-order valence-corrected chi connectivity index (χ2v) is 5.59. The van der Waals surface area contributed by atoms with E-state index in [0.29, 0.717) is 5.69 Å². The van der Waals surface area contributed by atoms with E-state index in [4.69, 9.17) is 0 Å². The monoisotopic (exact) mass is 263 g/mol. The van der Waals surface area contributed by atoms with Crippen LogP contribution in [0.25, 0.3) is 0 Å². The zero-order valence-corrected chi connectivity index (χ0v) is 10.6. The Labute approximate surface area is 106 Å². The predicted molar refractivity (Wildman–Crippen MR) is 70.1 cm³/mol. The van der Waals surface area contributed by atoms with E-state index in [2.05, 4.69) is 4.72 Å². The van der Waals surface area contributed by atoms with Crippen molar-refractivity contribution in [3.8, 4) is 5.75 Å². The van der Waals surface area contributed by atoms with E-state index in [1.54, 1.807) is 43.3 Å². The van der Waals surface area contributed by atoms with Crippen molar-refractivity contribution in [1.82, 2.24) is 0 Å². The molecule has 2 rings (SSSR count). The van der Waals surface area contributed by atoms with Crippen LogP contribution in [0.2, 0.25) is 0 Å². The molecular weight excluding hydrogens is 250 g/mol. The molecule has 0 aliphatic heterocycles. The number of para-hydroxylation sites is 1. The Bertz CT molecular complexity index is 651. The van der Waals surface area contributed by atoms with Crippen molar-refractivity contribution >= 4 is 15.7 Å². The number of sulfonamides is 1. The third kappa shape index (κ3) is 2.62. The van der Waals surface area contributed by atoms with Crippen molar-refractivity contribution in [3.63, 3.8) is 0 Å². The summed E-state index contributed by atoms with van der Waals surface area (Å²) in [5.41, 5.74) is 1.22. The summed E-state index contributed by atoms with van der Waals surface area (Å²) in [6.45, 7) is 1.76. The lowest BCUT2D eigenvalue weighted by molar-refractivity contribution is 0.459. The minimum Gasteiger partial charge on any atom is -0.507 e. The minimum absolute atomic E-state index is 0.119. The highest BCUT2D eigenvalue weighted by atomic mass is 32.2. The number of aryl methyl sites for hydroxylation is 1. The van der Waals surface area contributed by atoms with Gasteiger partial charge in [-0.25, -0.2) is 8.42 Å². The maximum Gasteiger partial charge on any atom is 0.265 e. The lowest BCUT2D eigenvalue weighted by Gasteiger charge is -2.09. The van der Waals surface area contributed by atoms with Gasteiger partial charge in [-0.15, -0.1) is 0 Å². The molecule has 0 aliphatic carbocycles. The number of hydrogen-bond donors (Lipinski definition) is 2. The van der Waals surface area contributed by atoms with Gasteiger partial charge in [0.2, 0.25) is 0 Å². The Balaban J connectivity index is 2.40. The van der Waals surface area contributed by atoms with Crippen molar-refractivity contribution in [2.45, 2.75) is 11.8 Å². The van der Waals surface area contributed by atoms with Gasteiger partial charge in [0.25, 0.3) is 10.0 Å². The highest BCUT2D eigenvalue weighted by molar-refractivity contribution is 7.92. The molecule has 0 unspecified atom stereocenters. The van der Waals surface area contributed by atoms with Crippen LogP contribution in [0.4, 0.5) is 5.69 Å². The van der Waals surface area contributed by atoms with E-state index in [0.717, 1.165) is 5.56 Å². The van der Waals surface area contributed by atoms with Gasteiger partial charge in [-0.05, 0) is 36.8 Å². The molecule has 0 saturated heterocycles. The number of aromatic hydroxyl groups is 1. The van der Waals surface area contributed by atoms with Gasteiger partial charge < -0.3 is 5.11 Å². The maximum absolute atomic E-state index is 12.1. The fourth-order valence-electron chi connectivity index (χ4n) is 1.55. The molecule has 0 radical (unpaired) electrons. The molecule has 0 amide bonds. The maximum atomic E-state index is 12.1. The summed E-state index contributed by atoms with van der Waals surface area (Å²) in [5, 5.41) is 9.63. The molecule has 94 valence electrons. The van der Waals surface area contributed by atoms with E-state index < -0.39 is 10.0 Å². The van der Waals surface area contributed by atoms with Gasteiger partial charge >= 0.3 is 0 Å². The molecule has 5 heteroatoms. The molecule has 0 fully saturated rings. The van der Waals surface area contributed by atoms with Crippen LogP contribution in [-0.4, -0.2) is 13.5 Å². The van der Waals surface area contributed by atoms with E-state index in [9.17, 15) is 13.5 Å². The molecule has 0 heterocycles. The Morgan fingerprint density at radius 1 is 1.06 bits per heavy atom. The van der Waals surface area contributed by atoms with Crippen molar-refractivity contribution < 1.29 is 13.5 Å². The number of rotatable bonds is 3. The van der Waals surface area contributed by atoms with E-state index in [1.807, 2.05) is 0 Å². The Morgan fingerprint density at radius 2 is 1.72 bits per heavy atom.